The van der Waals surface area contributed by atoms with Crippen LogP contribution in [0.3, 0.4) is 0 Å². The second-order valence-electron chi connectivity index (χ2n) is 14.7. The van der Waals surface area contributed by atoms with E-state index in [1.165, 1.54) is 109 Å². The van der Waals surface area contributed by atoms with E-state index in [0.29, 0.717) is 17.4 Å². The Bertz CT molecular complexity index is 804. The zero-order valence-electron chi connectivity index (χ0n) is 32.0. The Morgan fingerprint density at radius 1 is 0.562 bits per heavy atom. The summed E-state index contributed by atoms with van der Waals surface area (Å²) in [5.74, 6) is -0.832. The van der Waals surface area contributed by atoms with E-state index in [1.54, 1.807) is 0 Å². The molecule has 0 bridgehead atoms. The number of carbonyl (C=O) groups is 2. The van der Waals surface area contributed by atoms with E-state index >= 15 is 0 Å². The molecule has 0 spiro atoms. The van der Waals surface area contributed by atoms with Crippen LogP contribution in [0.1, 0.15) is 181 Å². The van der Waals surface area contributed by atoms with Crippen LogP contribution in [-0.4, -0.2) is 70.0 Å². The summed E-state index contributed by atoms with van der Waals surface area (Å²) < 4.78 is 33.6. The largest absolute Gasteiger partial charge is 0.756 e. The van der Waals surface area contributed by atoms with E-state index in [9.17, 15) is 19.0 Å². The number of carbonyl (C=O) groups excluding carboxylic acids is 2. The van der Waals surface area contributed by atoms with Crippen LogP contribution < -0.4 is 4.89 Å². The number of hydrogen-bond acceptors (Lipinski definition) is 8. The SMILES string of the molecule is CCCCCCCCCCCCCCCCCCCC(=O)OC[C@@H](COP(=O)([O-])OCC[N+](C)(C)C)OC(=O)CCCCCCCCC. The first-order valence-electron chi connectivity index (χ1n) is 19.7. The molecule has 0 aromatic heterocycles. The average molecular weight is 706 g/mol. The molecule has 0 rings (SSSR count). The van der Waals surface area contributed by atoms with Gasteiger partial charge in [-0.25, -0.2) is 0 Å². The molecule has 2 atom stereocenters. The highest BCUT2D eigenvalue weighted by atomic mass is 31.2. The van der Waals surface area contributed by atoms with Crippen LogP contribution >= 0.6 is 7.82 Å². The number of hydrogen-bond donors (Lipinski definition) is 0. The molecule has 0 aliphatic rings. The number of likely N-dealkylation sites (N-methyl/N-ethyl adjacent to an activating group) is 1. The first-order chi connectivity index (χ1) is 23.0. The molecule has 0 amide bonds. The number of phosphoric acid groups is 1. The minimum absolute atomic E-state index is 0.0265. The minimum atomic E-state index is -4.60. The highest BCUT2D eigenvalue weighted by molar-refractivity contribution is 7.45. The third-order valence-electron chi connectivity index (χ3n) is 8.63. The van der Waals surface area contributed by atoms with Crippen molar-refractivity contribution in [2.45, 2.75) is 187 Å². The number of unbranched alkanes of at least 4 members (excludes halogenated alkanes) is 22. The normalized spacial score (nSPS) is 13.7. The highest BCUT2D eigenvalue weighted by Crippen LogP contribution is 2.38. The van der Waals surface area contributed by atoms with E-state index in [0.717, 1.165) is 38.5 Å². The van der Waals surface area contributed by atoms with Crippen LogP contribution in [-0.2, 0) is 32.7 Å². The standard InChI is InChI=1S/C38H76NO8P/c1-6-8-10-12-14-15-16-17-18-19-20-21-22-23-25-26-28-30-37(40)44-34-36(35-46-48(42,43)45-33-32-39(3,4)5)47-38(41)31-29-27-24-13-11-9-7-2/h36H,6-35H2,1-5H3/t36-/m0/s1. The lowest BCUT2D eigenvalue weighted by Crippen LogP contribution is -2.37. The predicted octanol–water partition coefficient (Wildman–Crippen LogP) is 9.83. The molecule has 0 aromatic carbocycles. The maximum Gasteiger partial charge on any atom is 0.306 e. The van der Waals surface area contributed by atoms with E-state index < -0.39 is 26.5 Å². The molecule has 0 N–H and O–H groups in total. The second-order valence-corrected chi connectivity index (χ2v) is 16.1. The third kappa shape index (κ3) is 34.9. The van der Waals surface area contributed by atoms with Gasteiger partial charge in [-0.1, -0.05) is 155 Å². The van der Waals surface area contributed by atoms with Crippen molar-refractivity contribution in [2.75, 3.05) is 47.5 Å². The number of ether oxygens (including phenoxy) is 2. The first kappa shape index (κ1) is 47.0. The lowest BCUT2D eigenvalue weighted by molar-refractivity contribution is -0.870. The Morgan fingerprint density at radius 2 is 0.938 bits per heavy atom. The van der Waals surface area contributed by atoms with Crippen LogP contribution in [0, 0.1) is 0 Å². The second kappa shape index (κ2) is 32.0. The van der Waals surface area contributed by atoms with Crippen molar-refractivity contribution in [3.05, 3.63) is 0 Å². The van der Waals surface area contributed by atoms with Gasteiger partial charge < -0.3 is 27.9 Å². The van der Waals surface area contributed by atoms with Gasteiger partial charge in [0.1, 0.15) is 19.8 Å². The van der Waals surface area contributed by atoms with Crippen molar-refractivity contribution in [3.63, 3.8) is 0 Å². The maximum absolute atomic E-state index is 12.5. The first-order valence-corrected chi connectivity index (χ1v) is 21.2. The fraction of sp³-hybridized carbons (Fsp3) is 0.947. The van der Waals surface area contributed by atoms with Gasteiger partial charge in [0, 0.05) is 12.8 Å². The molecule has 0 saturated heterocycles. The van der Waals surface area contributed by atoms with Gasteiger partial charge in [-0.2, -0.15) is 0 Å². The van der Waals surface area contributed by atoms with Crippen LogP contribution in [0.2, 0.25) is 0 Å². The lowest BCUT2D eigenvalue weighted by atomic mass is 10.0. The van der Waals surface area contributed by atoms with Crippen molar-refractivity contribution in [1.29, 1.82) is 0 Å². The minimum Gasteiger partial charge on any atom is -0.756 e. The molecule has 0 radical (unpaired) electrons. The summed E-state index contributed by atoms with van der Waals surface area (Å²) in [4.78, 5) is 37.2. The van der Waals surface area contributed by atoms with Gasteiger partial charge in [-0.15, -0.1) is 0 Å². The summed E-state index contributed by atoms with van der Waals surface area (Å²) in [6.45, 7) is 4.19. The van der Waals surface area contributed by atoms with Gasteiger partial charge in [-0.3, -0.25) is 14.2 Å². The average Bonchev–Trinajstić information content (AvgIpc) is 3.02. The molecule has 1 unspecified atom stereocenters. The van der Waals surface area contributed by atoms with Crippen molar-refractivity contribution in [3.8, 4) is 0 Å². The lowest BCUT2D eigenvalue weighted by Gasteiger charge is -2.28. The maximum atomic E-state index is 12.5. The fourth-order valence-corrected chi connectivity index (χ4v) is 6.21. The van der Waals surface area contributed by atoms with E-state index in [2.05, 4.69) is 13.8 Å². The number of phosphoric ester groups is 1. The molecule has 10 heteroatoms. The zero-order chi connectivity index (χ0) is 35.8. The van der Waals surface area contributed by atoms with E-state index in [-0.39, 0.29) is 32.0 Å². The molecular weight excluding hydrogens is 629 g/mol. The van der Waals surface area contributed by atoms with Crippen molar-refractivity contribution < 1.29 is 42.1 Å². The summed E-state index contributed by atoms with van der Waals surface area (Å²) in [5.41, 5.74) is 0. The summed E-state index contributed by atoms with van der Waals surface area (Å²) in [5, 5.41) is 0. The fourth-order valence-electron chi connectivity index (χ4n) is 5.48. The summed E-state index contributed by atoms with van der Waals surface area (Å²) in [6, 6.07) is 0. The number of rotatable bonds is 36. The van der Waals surface area contributed by atoms with Crippen molar-refractivity contribution in [1.82, 2.24) is 0 Å². The van der Waals surface area contributed by atoms with Crippen LogP contribution in [0.5, 0.6) is 0 Å². The molecule has 0 aliphatic carbocycles. The highest BCUT2D eigenvalue weighted by Gasteiger charge is 2.21. The molecule has 0 aliphatic heterocycles. The van der Waals surface area contributed by atoms with Gasteiger partial charge in [0.15, 0.2) is 6.10 Å². The van der Waals surface area contributed by atoms with Gasteiger partial charge in [0.25, 0.3) is 7.82 Å². The summed E-state index contributed by atoms with van der Waals surface area (Å²) in [7, 11) is 1.18. The summed E-state index contributed by atoms with van der Waals surface area (Å²) >= 11 is 0. The smallest absolute Gasteiger partial charge is 0.306 e. The van der Waals surface area contributed by atoms with Crippen LogP contribution in [0.4, 0.5) is 0 Å². The van der Waals surface area contributed by atoms with Crippen molar-refractivity contribution in [2.24, 2.45) is 0 Å². The monoisotopic (exact) mass is 706 g/mol. The Kier molecular flexibility index (Phi) is 31.3. The van der Waals surface area contributed by atoms with E-state index in [1.807, 2.05) is 21.1 Å². The molecule has 0 saturated carbocycles. The van der Waals surface area contributed by atoms with Crippen LogP contribution in [0.25, 0.3) is 0 Å². The quantitative estimate of drug-likeness (QED) is 0.0274. The Labute approximate surface area is 295 Å². The van der Waals surface area contributed by atoms with Gasteiger partial charge in [0.2, 0.25) is 0 Å². The molecular formula is C38H76NO8P. The molecule has 286 valence electrons. The Morgan fingerprint density at radius 3 is 1.33 bits per heavy atom. The van der Waals surface area contributed by atoms with Gasteiger partial charge >= 0.3 is 11.9 Å². The number of nitrogens with zero attached hydrogens (tertiary/aromatic N) is 1. The zero-order valence-corrected chi connectivity index (χ0v) is 32.8. The van der Waals surface area contributed by atoms with Crippen LogP contribution in [0.15, 0.2) is 0 Å². The van der Waals surface area contributed by atoms with Gasteiger partial charge in [-0.05, 0) is 12.8 Å². The number of esters is 2. The molecule has 48 heavy (non-hydrogen) atoms. The molecule has 0 fully saturated rings. The molecule has 0 heterocycles. The number of quaternary nitrogens is 1. The van der Waals surface area contributed by atoms with E-state index in [4.69, 9.17) is 18.5 Å². The molecule has 9 nitrogen and oxygen atoms in total. The topological polar surface area (TPSA) is 111 Å². The van der Waals surface area contributed by atoms with Gasteiger partial charge in [0.05, 0.1) is 27.7 Å². The predicted molar refractivity (Wildman–Crippen MR) is 195 cm³/mol. The Balaban J connectivity index is 4.24. The summed E-state index contributed by atoms with van der Waals surface area (Å²) in [6.07, 6.45) is 28.6. The Hall–Kier alpha value is -0.990. The van der Waals surface area contributed by atoms with Crippen molar-refractivity contribution >= 4 is 19.8 Å². The molecule has 0 aromatic rings. The third-order valence-corrected chi connectivity index (χ3v) is 9.59.